The molecular formula is C24H30N2O8S. The smallest absolute Gasteiger partial charge is 0.338 e. The van der Waals surface area contributed by atoms with Crippen LogP contribution >= 0.6 is 0 Å². The zero-order chi connectivity index (χ0) is 25.4. The van der Waals surface area contributed by atoms with Gasteiger partial charge in [0.1, 0.15) is 0 Å². The fourth-order valence-corrected chi connectivity index (χ4v) is 4.99. The van der Waals surface area contributed by atoms with E-state index in [4.69, 9.17) is 18.9 Å². The molecule has 0 radical (unpaired) electrons. The van der Waals surface area contributed by atoms with Crippen molar-refractivity contribution in [2.45, 2.75) is 18.2 Å². The molecule has 35 heavy (non-hydrogen) atoms. The van der Waals surface area contributed by atoms with Gasteiger partial charge in [0, 0.05) is 19.6 Å². The number of amides is 1. The molecule has 2 aromatic rings. The number of aryl methyl sites for hydroxylation is 1. The predicted molar refractivity (Wildman–Crippen MR) is 127 cm³/mol. The summed E-state index contributed by atoms with van der Waals surface area (Å²) in [5.74, 6) is -0.0204. The van der Waals surface area contributed by atoms with Crippen molar-refractivity contribution < 1.29 is 37.0 Å². The van der Waals surface area contributed by atoms with Gasteiger partial charge in [-0.1, -0.05) is 12.1 Å². The van der Waals surface area contributed by atoms with Crippen molar-refractivity contribution in [1.29, 1.82) is 0 Å². The highest BCUT2D eigenvalue weighted by molar-refractivity contribution is 7.89. The Morgan fingerprint density at radius 3 is 2.43 bits per heavy atom. The van der Waals surface area contributed by atoms with Gasteiger partial charge in [0.25, 0.3) is 5.91 Å². The van der Waals surface area contributed by atoms with Crippen molar-refractivity contribution >= 4 is 21.9 Å². The number of rotatable bonds is 10. The molecule has 1 aliphatic rings. The molecule has 0 spiro atoms. The molecule has 1 heterocycles. The first-order valence-corrected chi connectivity index (χ1v) is 12.5. The first kappa shape index (κ1) is 26.5. The Labute approximate surface area is 205 Å². The molecule has 0 atom stereocenters. The first-order valence-electron chi connectivity index (χ1n) is 11.1. The van der Waals surface area contributed by atoms with Gasteiger partial charge in [-0.25, -0.2) is 13.2 Å². The number of sulfonamides is 1. The summed E-state index contributed by atoms with van der Waals surface area (Å²) in [4.78, 5) is 24.8. The Morgan fingerprint density at radius 1 is 1.03 bits per heavy atom. The van der Waals surface area contributed by atoms with Crippen molar-refractivity contribution in [3.8, 4) is 11.5 Å². The highest BCUT2D eigenvalue weighted by Gasteiger charge is 2.27. The lowest BCUT2D eigenvalue weighted by atomic mass is 10.1. The van der Waals surface area contributed by atoms with E-state index in [-0.39, 0.29) is 23.5 Å². The predicted octanol–water partition coefficient (Wildman–Crippen LogP) is 1.55. The van der Waals surface area contributed by atoms with Gasteiger partial charge in [0.2, 0.25) is 10.0 Å². The minimum atomic E-state index is -3.76. The minimum absolute atomic E-state index is 0.00341. The van der Waals surface area contributed by atoms with E-state index in [1.54, 1.807) is 33.3 Å². The third-order valence-corrected chi connectivity index (χ3v) is 7.45. The molecule has 1 aliphatic heterocycles. The van der Waals surface area contributed by atoms with E-state index in [2.05, 4.69) is 5.32 Å². The number of nitrogens with zero attached hydrogens (tertiary/aromatic N) is 1. The highest BCUT2D eigenvalue weighted by atomic mass is 32.2. The third-order valence-electron chi connectivity index (χ3n) is 5.55. The Morgan fingerprint density at radius 2 is 1.74 bits per heavy atom. The topological polar surface area (TPSA) is 120 Å². The molecule has 1 amide bonds. The maximum atomic E-state index is 12.9. The van der Waals surface area contributed by atoms with Crippen LogP contribution in [0.4, 0.5) is 0 Å². The summed E-state index contributed by atoms with van der Waals surface area (Å²) in [7, 11) is -0.660. The Balaban J connectivity index is 1.54. The summed E-state index contributed by atoms with van der Waals surface area (Å²) < 4.78 is 47.9. The van der Waals surface area contributed by atoms with Gasteiger partial charge in [0.05, 0.1) is 37.9 Å². The standard InChI is InChI=1S/C24H30N2O8S/c1-17-4-6-19(35(29,30)26-10-12-33-13-11-26)15-20(17)24(28)34-16-23(27)25-9-8-18-5-7-21(31-2)22(14-18)32-3/h4-7,14-15H,8-13,16H2,1-3H3,(H,25,27). The van der Waals surface area contributed by atoms with E-state index in [0.717, 1.165) is 5.56 Å². The van der Waals surface area contributed by atoms with Crippen LogP contribution in [-0.2, 0) is 30.7 Å². The number of carbonyl (C=O) groups is 2. The second-order valence-electron chi connectivity index (χ2n) is 7.86. The molecule has 2 aromatic carbocycles. The van der Waals surface area contributed by atoms with Crippen molar-refractivity contribution in [2.75, 3.05) is 53.7 Å². The average molecular weight is 507 g/mol. The number of morpholine rings is 1. The van der Waals surface area contributed by atoms with Crippen LogP contribution in [0.2, 0.25) is 0 Å². The highest BCUT2D eigenvalue weighted by Crippen LogP contribution is 2.27. The van der Waals surface area contributed by atoms with E-state index in [1.165, 1.54) is 16.4 Å². The Hall–Kier alpha value is -3.15. The van der Waals surface area contributed by atoms with Gasteiger partial charge in [0.15, 0.2) is 18.1 Å². The molecule has 190 valence electrons. The van der Waals surface area contributed by atoms with Gasteiger partial charge in [-0.2, -0.15) is 4.31 Å². The molecule has 3 rings (SSSR count). The van der Waals surface area contributed by atoms with Crippen molar-refractivity contribution in [1.82, 2.24) is 9.62 Å². The number of esters is 1. The number of nitrogens with one attached hydrogen (secondary N) is 1. The van der Waals surface area contributed by atoms with Crippen LogP contribution < -0.4 is 14.8 Å². The third kappa shape index (κ3) is 6.71. The van der Waals surface area contributed by atoms with Crippen LogP contribution in [0.3, 0.4) is 0 Å². The first-order chi connectivity index (χ1) is 16.8. The minimum Gasteiger partial charge on any atom is -0.493 e. The zero-order valence-corrected chi connectivity index (χ0v) is 20.9. The number of carbonyl (C=O) groups excluding carboxylic acids is 2. The molecule has 0 bridgehead atoms. The lowest BCUT2D eigenvalue weighted by Gasteiger charge is -2.26. The molecule has 0 aromatic heterocycles. The molecule has 1 N–H and O–H groups in total. The number of methoxy groups -OCH3 is 2. The summed E-state index contributed by atoms with van der Waals surface area (Å²) in [6.45, 7) is 2.66. The summed E-state index contributed by atoms with van der Waals surface area (Å²) in [6, 6.07) is 9.77. The van der Waals surface area contributed by atoms with Crippen molar-refractivity contribution in [3.63, 3.8) is 0 Å². The quantitative estimate of drug-likeness (QED) is 0.482. The molecular weight excluding hydrogens is 476 g/mol. The zero-order valence-electron chi connectivity index (χ0n) is 20.0. The lowest BCUT2D eigenvalue weighted by Crippen LogP contribution is -2.40. The van der Waals surface area contributed by atoms with Gasteiger partial charge >= 0.3 is 5.97 Å². The Kier molecular flexibility index (Phi) is 9.07. The Bertz CT molecular complexity index is 1160. The van der Waals surface area contributed by atoms with Crippen LogP contribution in [0.5, 0.6) is 11.5 Å². The maximum absolute atomic E-state index is 12.9. The maximum Gasteiger partial charge on any atom is 0.338 e. The second kappa shape index (κ2) is 12.0. The van der Waals surface area contributed by atoms with Crippen LogP contribution in [0.15, 0.2) is 41.3 Å². The molecule has 11 heteroatoms. The number of hydrogen-bond donors (Lipinski definition) is 1. The fraction of sp³-hybridized carbons (Fsp3) is 0.417. The van der Waals surface area contributed by atoms with Crippen molar-refractivity contribution in [3.05, 3.63) is 53.1 Å². The molecule has 1 fully saturated rings. The van der Waals surface area contributed by atoms with E-state index < -0.39 is 28.5 Å². The molecule has 0 aliphatic carbocycles. The summed E-state index contributed by atoms with van der Waals surface area (Å²) in [5.41, 5.74) is 1.58. The average Bonchev–Trinajstić information content (AvgIpc) is 2.87. The van der Waals surface area contributed by atoms with E-state index in [1.807, 2.05) is 12.1 Å². The fourth-order valence-electron chi connectivity index (χ4n) is 3.56. The summed E-state index contributed by atoms with van der Waals surface area (Å²) >= 11 is 0. The number of ether oxygens (including phenoxy) is 4. The number of benzene rings is 2. The number of hydrogen-bond acceptors (Lipinski definition) is 8. The van der Waals surface area contributed by atoms with Crippen molar-refractivity contribution in [2.24, 2.45) is 0 Å². The largest absolute Gasteiger partial charge is 0.493 e. The van der Waals surface area contributed by atoms with E-state index in [9.17, 15) is 18.0 Å². The SMILES string of the molecule is COc1ccc(CCNC(=O)COC(=O)c2cc(S(=O)(=O)N3CCOCC3)ccc2C)cc1OC. The normalized spacial score (nSPS) is 14.3. The van der Waals surface area contributed by atoms with Crippen LogP contribution in [0.25, 0.3) is 0 Å². The van der Waals surface area contributed by atoms with Gasteiger partial charge in [-0.15, -0.1) is 0 Å². The van der Waals surface area contributed by atoms with Crippen LogP contribution in [-0.4, -0.2) is 78.3 Å². The van der Waals surface area contributed by atoms with Crippen LogP contribution in [0.1, 0.15) is 21.5 Å². The van der Waals surface area contributed by atoms with Gasteiger partial charge < -0.3 is 24.3 Å². The molecule has 0 unspecified atom stereocenters. The molecule has 0 saturated carbocycles. The molecule has 10 nitrogen and oxygen atoms in total. The van der Waals surface area contributed by atoms with E-state index in [0.29, 0.717) is 43.2 Å². The van der Waals surface area contributed by atoms with E-state index >= 15 is 0 Å². The monoisotopic (exact) mass is 506 g/mol. The van der Waals surface area contributed by atoms with Gasteiger partial charge in [-0.3, -0.25) is 4.79 Å². The van der Waals surface area contributed by atoms with Crippen LogP contribution in [0, 0.1) is 6.92 Å². The second-order valence-corrected chi connectivity index (χ2v) is 9.80. The molecule has 1 saturated heterocycles. The lowest BCUT2D eigenvalue weighted by molar-refractivity contribution is -0.124. The summed E-state index contributed by atoms with van der Waals surface area (Å²) in [5, 5.41) is 2.69. The van der Waals surface area contributed by atoms with Gasteiger partial charge in [-0.05, 0) is 48.7 Å². The summed E-state index contributed by atoms with van der Waals surface area (Å²) in [6.07, 6.45) is 0.542.